The number of halogens is 1. The van der Waals surface area contributed by atoms with Crippen molar-refractivity contribution in [3.05, 3.63) is 22.4 Å². The highest BCUT2D eigenvalue weighted by Crippen LogP contribution is 2.36. The minimum Gasteiger partial charge on any atom is -0.394 e. The van der Waals surface area contributed by atoms with Gasteiger partial charge < -0.3 is 15.3 Å². The number of anilines is 1. The summed E-state index contributed by atoms with van der Waals surface area (Å²) in [5.74, 6) is 1.26. The standard InChI is InChI=1S/C18H26ClN5OS/c1-11(2)14(10-25)22-18-21-8-13(19)16(23-18)15-9-20-17(26-15)12-4-6-24(3)7-5-12/h8-9,11-12,14,25H,4-7,10H2,1-3H3,(H,21,22,23)/t14-/m0/s1. The van der Waals surface area contributed by atoms with Crippen LogP contribution in [0.5, 0.6) is 0 Å². The lowest BCUT2D eigenvalue weighted by Crippen LogP contribution is -2.30. The number of piperidine rings is 1. The third kappa shape index (κ3) is 4.52. The van der Waals surface area contributed by atoms with Gasteiger partial charge in [0.05, 0.1) is 33.8 Å². The summed E-state index contributed by atoms with van der Waals surface area (Å²) in [6.07, 6.45) is 5.75. The average Bonchev–Trinajstić information content (AvgIpc) is 3.11. The molecule has 3 rings (SSSR count). The molecule has 2 aromatic rings. The van der Waals surface area contributed by atoms with Gasteiger partial charge in [0.2, 0.25) is 5.95 Å². The molecule has 3 heterocycles. The second-order valence-electron chi connectivity index (χ2n) is 7.21. The molecule has 2 N–H and O–H groups in total. The van der Waals surface area contributed by atoms with E-state index >= 15 is 0 Å². The molecule has 0 unspecified atom stereocenters. The molecule has 1 aliphatic rings. The Kier molecular flexibility index (Phi) is 6.45. The Bertz CT molecular complexity index is 730. The Balaban J connectivity index is 1.79. The van der Waals surface area contributed by atoms with Crippen molar-refractivity contribution in [1.29, 1.82) is 0 Å². The Morgan fingerprint density at radius 3 is 2.69 bits per heavy atom. The topological polar surface area (TPSA) is 74.2 Å². The number of hydrogen-bond acceptors (Lipinski definition) is 7. The summed E-state index contributed by atoms with van der Waals surface area (Å²) in [7, 11) is 2.16. The molecule has 1 atom stereocenters. The fraction of sp³-hybridized carbons (Fsp3) is 0.611. The lowest BCUT2D eigenvalue weighted by atomic mass is 9.98. The number of nitrogens with one attached hydrogen (secondary N) is 1. The van der Waals surface area contributed by atoms with Gasteiger partial charge in [0.25, 0.3) is 0 Å². The van der Waals surface area contributed by atoms with Crippen LogP contribution in [0.25, 0.3) is 10.6 Å². The zero-order valence-electron chi connectivity index (χ0n) is 15.4. The smallest absolute Gasteiger partial charge is 0.223 e. The number of likely N-dealkylation sites (tertiary alicyclic amines) is 1. The zero-order valence-corrected chi connectivity index (χ0v) is 17.0. The van der Waals surface area contributed by atoms with Crippen LogP contribution in [-0.4, -0.2) is 57.7 Å². The van der Waals surface area contributed by atoms with Gasteiger partial charge in [-0.05, 0) is 38.9 Å². The van der Waals surface area contributed by atoms with Crippen molar-refractivity contribution in [3.63, 3.8) is 0 Å². The largest absolute Gasteiger partial charge is 0.394 e. The van der Waals surface area contributed by atoms with Crippen LogP contribution in [0.1, 0.15) is 37.6 Å². The molecule has 1 fully saturated rings. The average molecular weight is 396 g/mol. The lowest BCUT2D eigenvalue weighted by molar-refractivity contribution is 0.248. The van der Waals surface area contributed by atoms with E-state index in [1.54, 1.807) is 17.5 Å². The Morgan fingerprint density at radius 2 is 2.04 bits per heavy atom. The van der Waals surface area contributed by atoms with Crippen LogP contribution >= 0.6 is 22.9 Å². The molecule has 2 aromatic heterocycles. The minimum atomic E-state index is -0.0970. The maximum Gasteiger partial charge on any atom is 0.223 e. The first-order valence-electron chi connectivity index (χ1n) is 9.02. The Morgan fingerprint density at radius 1 is 1.31 bits per heavy atom. The van der Waals surface area contributed by atoms with Crippen LogP contribution in [0.4, 0.5) is 5.95 Å². The van der Waals surface area contributed by atoms with Crippen LogP contribution in [0.3, 0.4) is 0 Å². The maximum absolute atomic E-state index is 9.51. The second kappa shape index (κ2) is 8.61. The third-order valence-electron chi connectivity index (χ3n) is 4.88. The maximum atomic E-state index is 9.51. The number of aromatic nitrogens is 3. The van der Waals surface area contributed by atoms with Gasteiger partial charge in [-0.1, -0.05) is 25.4 Å². The van der Waals surface area contributed by atoms with Crippen LogP contribution in [0.15, 0.2) is 12.4 Å². The lowest BCUT2D eigenvalue weighted by Gasteiger charge is -2.27. The van der Waals surface area contributed by atoms with E-state index < -0.39 is 0 Å². The summed E-state index contributed by atoms with van der Waals surface area (Å²) in [6.45, 7) is 6.34. The number of aliphatic hydroxyl groups is 1. The molecular formula is C18H26ClN5OS. The molecule has 26 heavy (non-hydrogen) atoms. The van der Waals surface area contributed by atoms with Crippen molar-refractivity contribution >= 4 is 28.9 Å². The van der Waals surface area contributed by atoms with E-state index in [9.17, 15) is 5.11 Å². The van der Waals surface area contributed by atoms with Gasteiger partial charge >= 0.3 is 0 Å². The van der Waals surface area contributed by atoms with E-state index in [2.05, 4.69) is 32.2 Å². The highest BCUT2D eigenvalue weighted by Gasteiger charge is 2.22. The number of thiazole rings is 1. The highest BCUT2D eigenvalue weighted by atomic mass is 35.5. The molecule has 0 radical (unpaired) electrons. The Labute approximate surface area is 163 Å². The van der Waals surface area contributed by atoms with Gasteiger partial charge in [-0.15, -0.1) is 11.3 Å². The van der Waals surface area contributed by atoms with Gasteiger partial charge in [-0.2, -0.15) is 0 Å². The highest BCUT2D eigenvalue weighted by molar-refractivity contribution is 7.15. The molecule has 6 nitrogen and oxygen atoms in total. The molecule has 0 bridgehead atoms. The van der Waals surface area contributed by atoms with E-state index in [4.69, 9.17) is 11.6 Å². The molecular weight excluding hydrogens is 370 g/mol. The van der Waals surface area contributed by atoms with Crippen molar-refractivity contribution in [1.82, 2.24) is 19.9 Å². The summed E-state index contributed by atoms with van der Waals surface area (Å²) < 4.78 is 0. The zero-order chi connectivity index (χ0) is 18.7. The fourth-order valence-electron chi connectivity index (χ4n) is 3.04. The summed E-state index contributed by atoms with van der Waals surface area (Å²) in [4.78, 5) is 16.8. The van der Waals surface area contributed by atoms with E-state index in [-0.39, 0.29) is 18.6 Å². The van der Waals surface area contributed by atoms with Crippen LogP contribution in [0.2, 0.25) is 5.02 Å². The normalized spacial score (nSPS) is 17.6. The molecule has 0 aromatic carbocycles. The summed E-state index contributed by atoms with van der Waals surface area (Å²) in [5, 5.41) is 14.4. The van der Waals surface area contributed by atoms with E-state index in [1.807, 2.05) is 20.0 Å². The second-order valence-corrected chi connectivity index (χ2v) is 8.68. The van der Waals surface area contributed by atoms with Crippen LogP contribution < -0.4 is 5.32 Å². The van der Waals surface area contributed by atoms with Gasteiger partial charge in [-0.3, -0.25) is 0 Å². The molecule has 0 amide bonds. The minimum absolute atomic E-state index is 0.0276. The van der Waals surface area contributed by atoms with Gasteiger partial charge in [0.1, 0.15) is 5.69 Å². The molecule has 0 spiro atoms. The molecule has 8 heteroatoms. The summed E-state index contributed by atoms with van der Waals surface area (Å²) in [5.41, 5.74) is 0.696. The molecule has 0 aliphatic carbocycles. The third-order valence-corrected chi connectivity index (χ3v) is 6.33. The fourth-order valence-corrected chi connectivity index (χ4v) is 4.38. The van der Waals surface area contributed by atoms with E-state index in [0.29, 0.717) is 22.6 Å². The van der Waals surface area contributed by atoms with Gasteiger partial charge in [0, 0.05) is 12.1 Å². The van der Waals surface area contributed by atoms with Gasteiger partial charge in [-0.25, -0.2) is 15.0 Å². The Hall–Kier alpha value is -1.28. The molecule has 142 valence electrons. The van der Waals surface area contributed by atoms with Crippen molar-refractivity contribution in [2.75, 3.05) is 32.1 Å². The predicted octanol–water partition coefficient (Wildman–Crippen LogP) is 3.49. The van der Waals surface area contributed by atoms with E-state index in [1.165, 1.54) is 0 Å². The van der Waals surface area contributed by atoms with E-state index in [0.717, 1.165) is 35.8 Å². The van der Waals surface area contributed by atoms with Crippen molar-refractivity contribution < 1.29 is 5.11 Å². The predicted molar refractivity (Wildman–Crippen MR) is 107 cm³/mol. The number of aliphatic hydroxyl groups excluding tert-OH is 1. The monoisotopic (exact) mass is 395 g/mol. The number of rotatable bonds is 6. The number of nitrogens with zero attached hydrogens (tertiary/aromatic N) is 4. The van der Waals surface area contributed by atoms with Crippen molar-refractivity contribution in [2.24, 2.45) is 5.92 Å². The van der Waals surface area contributed by atoms with Crippen LogP contribution in [-0.2, 0) is 0 Å². The van der Waals surface area contributed by atoms with Gasteiger partial charge in [0.15, 0.2) is 0 Å². The SMILES string of the molecule is CC(C)[C@H](CO)Nc1ncc(Cl)c(-c2cnc(C3CCN(C)CC3)s2)n1. The number of hydrogen-bond donors (Lipinski definition) is 2. The van der Waals surface area contributed by atoms with Crippen LogP contribution in [0, 0.1) is 5.92 Å². The quantitative estimate of drug-likeness (QED) is 0.779. The summed E-state index contributed by atoms with van der Waals surface area (Å²) >= 11 is 8.01. The van der Waals surface area contributed by atoms with Crippen molar-refractivity contribution in [3.8, 4) is 10.6 Å². The first-order valence-corrected chi connectivity index (χ1v) is 10.2. The first kappa shape index (κ1) is 19.5. The molecule has 0 saturated carbocycles. The summed E-state index contributed by atoms with van der Waals surface area (Å²) in [6, 6.07) is -0.0970. The molecule has 1 saturated heterocycles. The first-order chi connectivity index (χ1) is 12.5. The molecule has 1 aliphatic heterocycles. The van der Waals surface area contributed by atoms with Crippen molar-refractivity contribution in [2.45, 2.75) is 38.6 Å².